The molecule has 3 aromatic rings. The van der Waals surface area contributed by atoms with Crippen molar-refractivity contribution >= 4 is 39.6 Å². The highest BCUT2D eigenvalue weighted by molar-refractivity contribution is 9.10. The van der Waals surface area contributed by atoms with Gasteiger partial charge < -0.3 is 20.5 Å². The van der Waals surface area contributed by atoms with Gasteiger partial charge in [-0.2, -0.15) is 0 Å². The fourth-order valence-electron chi connectivity index (χ4n) is 4.04. The molecule has 4 rings (SSSR count). The van der Waals surface area contributed by atoms with Crippen molar-refractivity contribution in [1.29, 1.82) is 0 Å². The predicted molar refractivity (Wildman–Crippen MR) is 137 cm³/mol. The number of alkyl carbamates (subject to hydrolysis) is 1. The zero-order valence-corrected chi connectivity index (χ0v) is 20.5. The summed E-state index contributed by atoms with van der Waals surface area (Å²) in [5.41, 5.74) is 5.33. The molecule has 7 nitrogen and oxygen atoms in total. The van der Waals surface area contributed by atoms with Crippen LogP contribution in [0.15, 0.2) is 82.9 Å². The van der Waals surface area contributed by atoms with Gasteiger partial charge in [-0.3, -0.25) is 4.79 Å². The van der Waals surface area contributed by atoms with Crippen LogP contribution in [0.3, 0.4) is 0 Å². The van der Waals surface area contributed by atoms with E-state index in [1.54, 1.807) is 19.1 Å². The number of hydrogen-bond acceptors (Lipinski definition) is 4. The smallest absolute Gasteiger partial charge is 0.407 e. The van der Waals surface area contributed by atoms with Crippen LogP contribution in [-0.4, -0.2) is 36.2 Å². The standard InChI is InChI=1S/C27H23BrN2O5/c1-16(25(31)30-19-13-17(26(32)33)12-18(28)14-19)10-11-29-27(34)35-15-24-22-8-4-2-6-20(22)21-7-3-5-9-23(21)24/h2-10,12-14,24H,11,15H2,1H3,(H,29,34)(H,30,31)(H,32,33)/b16-10+. The van der Waals surface area contributed by atoms with E-state index in [0.29, 0.717) is 15.7 Å². The summed E-state index contributed by atoms with van der Waals surface area (Å²) in [4.78, 5) is 35.9. The van der Waals surface area contributed by atoms with Crippen molar-refractivity contribution in [3.8, 4) is 11.1 Å². The van der Waals surface area contributed by atoms with Gasteiger partial charge in [0.2, 0.25) is 0 Å². The second-order valence-corrected chi connectivity index (χ2v) is 9.00. The van der Waals surface area contributed by atoms with Gasteiger partial charge in [0.1, 0.15) is 6.61 Å². The van der Waals surface area contributed by atoms with Crippen molar-refractivity contribution in [3.05, 3.63) is 99.5 Å². The molecule has 0 saturated carbocycles. The molecule has 0 atom stereocenters. The maximum atomic E-state index is 12.4. The van der Waals surface area contributed by atoms with Gasteiger partial charge in [-0.25, -0.2) is 9.59 Å². The van der Waals surface area contributed by atoms with E-state index in [-0.39, 0.29) is 24.6 Å². The Balaban J connectivity index is 1.30. The average molecular weight is 535 g/mol. The third-order valence-corrected chi connectivity index (χ3v) is 6.22. The molecule has 178 valence electrons. The molecule has 3 N–H and O–H groups in total. The molecular weight excluding hydrogens is 512 g/mol. The van der Waals surface area contributed by atoms with Gasteiger partial charge in [-0.15, -0.1) is 0 Å². The largest absolute Gasteiger partial charge is 0.478 e. The van der Waals surface area contributed by atoms with Crippen LogP contribution in [0.4, 0.5) is 10.5 Å². The first kappa shape index (κ1) is 24.2. The van der Waals surface area contributed by atoms with Crippen LogP contribution < -0.4 is 10.6 Å². The number of amides is 2. The predicted octanol–water partition coefficient (Wildman–Crippen LogP) is 5.57. The molecule has 0 spiro atoms. The van der Waals surface area contributed by atoms with E-state index in [9.17, 15) is 14.4 Å². The summed E-state index contributed by atoms with van der Waals surface area (Å²) in [6, 6.07) is 20.6. The van der Waals surface area contributed by atoms with Gasteiger partial charge in [0.05, 0.1) is 5.56 Å². The molecule has 3 aromatic carbocycles. The summed E-state index contributed by atoms with van der Waals surface area (Å²) in [7, 11) is 0. The third kappa shape index (κ3) is 5.60. The van der Waals surface area contributed by atoms with Crippen LogP contribution in [0.1, 0.15) is 34.3 Å². The lowest BCUT2D eigenvalue weighted by Crippen LogP contribution is -2.26. The van der Waals surface area contributed by atoms with Crippen LogP contribution in [0.2, 0.25) is 0 Å². The van der Waals surface area contributed by atoms with Crippen molar-refractivity contribution < 1.29 is 24.2 Å². The summed E-state index contributed by atoms with van der Waals surface area (Å²) < 4.78 is 6.02. The number of carboxylic acids is 1. The van der Waals surface area contributed by atoms with E-state index in [1.165, 1.54) is 12.1 Å². The zero-order valence-electron chi connectivity index (χ0n) is 18.9. The number of aromatic carboxylic acids is 1. The fraction of sp³-hybridized carbons (Fsp3) is 0.148. The number of nitrogens with one attached hydrogen (secondary N) is 2. The summed E-state index contributed by atoms with van der Waals surface area (Å²) in [5, 5.41) is 14.4. The number of ether oxygens (including phenoxy) is 1. The monoisotopic (exact) mass is 534 g/mol. The first-order chi connectivity index (χ1) is 16.8. The first-order valence-electron chi connectivity index (χ1n) is 10.9. The Bertz CT molecular complexity index is 1290. The highest BCUT2D eigenvalue weighted by Gasteiger charge is 2.28. The molecule has 8 heteroatoms. The Kier molecular flexibility index (Phi) is 7.31. The Morgan fingerprint density at radius 2 is 1.63 bits per heavy atom. The van der Waals surface area contributed by atoms with E-state index in [1.807, 2.05) is 24.3 Å². The first-order valence-corrected chi connectivity index (χ1v) is 11.7. The van der Waals surface area contributed by atoms with Crippen LogP contribution in [0.25, 0.3) is 11.1 Å². The van der Waals surface area contributed by atoms with Gasteiger partial charge in [-0.05, 0) is 47.4 Å². The molecule has 1 aliphatic carbocycles. The van der Waals surface area contributed by atoms with E-state index in [2.05, 4.69) is 50.8 Å². The SMILES string of the molecule is C/C(=C\CNC(=O)OCC1c2ccccc2-c2ccccc21)C(=O)Nc1cc(Br)cc(C(=O)O)c1. The molecule has 0 aromatic heterocycles. The minimum atomic E-state index is -1.10. The topological polar surface area (TPSA) is 105 Å². The highest BCUT2D eigenvalue weighted by Crippen LogP contribution is 2.44. The summed E-state index contributed by atoms with van der Waals surface area (Å²) in [5.74, 6) is -1.53. The molecule has 1 aliphatic rings. The lowest BCUT2D eigenvalue weighted by Gasteiger charge is -2.14. The number of hydrogen-bond donors (Lipinski definition) is 3. The van der Waals surface area contributed by atoms with Gasteiger partial charge in [0.25, 0.3) is 5.91 Å². The van der Waals surface area contributed by atoms with Gasteiger partial charge in [-0.1, -0.05) is 70.5 Å². The molecule has 0 heterocycles. The van der Waals surface area contributed by atoms with Crippen LogP contribution in [0.5, 0.6) is 0 Å². The molecule has 35 heavy (non-hydrogen) atoms. The van der Waals surface area contributed by atoms with E-state index >= 15 is 0 Å². The highest BCUT2D eigenvalue weighted by atomic mass is 79.9. The quantitative estimate of drug-likeness (QED) is 0.343. The number of carbonyl (C=O) groups is 3. The van der Waals surface area contributed by atoms with Crippen molar-refractivity contribution in [3.63, 3.8) is 0 Å². The van der Waals surface area contributed by atoms with Crippen LogP contribution in [0, 0.1) is 0 Å². The second kappa shape index (κ2) is 10.6. The van der Waals surface area contributed by atoms with Gasteiger partial charge in [0, 0.05) is 28.2 Å². The minimum Gasteiger partial charge on any atom is -0.478 e. The van der Waals surface area contributed by atoms with E-state index < -0.39 is 18.0 Å². The fourth-order valence-corrected chi connectivity index (χ4v) is 4.54. The molecule has 0 fully saturated rings. The molecule has 0 bridgehead atoms. The molecular formula is C27H23BrN2O5. The normalized spacial score (nSPS) is 12.5. The number of carbonyl (C=O) groups excluding carboxylic acids is 2. The Labute approximate surface area is 210 Å². The minimum absolute atomic E-state index is 0.0305. The van der Waals surface area contributed by atoms with Crippen molar-refractivity contribution in [2.45, 2.75) is 12.8 Å². The van der Waals surface area contributed by atoms with E-state index in [4.69, 9.17) is 9.84 Å². The van der Waals surface area contributed by atoms with E-state index in [0.717, 1.165) is 22.3 Å². The molecule has 0 radical (unpaired) electrons. The number of benzene rings is 3. The van der Waals surface area contributed by atoms with Crippen molar-refractivity contribution in [1.82, 2.24) is 5.32 Å². The number of halogens is 1. The zero-order chi connectivity index (χ0) is 24.9. The lowest BCUT2D eigenvalue weighted by atomic mass is 9.98. The number of rotatable bonds is 7. The summed E-state index contributed by atoms with van der Waals surface area (Å²) >= 11 is 3.23. The van der Waals surface area contributed by atoms with Crippen molar-refractivity contribution in [2.24, 2.45) is 0 Å². The molecule has 0 saturated heterocycles. The lowest BCUT2D eigenvalue weighted by molar-refractivity contribution is -0.112. The Morgan fingerprint density at radius 1 is 1.00 bits per heavy atom. The van der Waals surface area contributed by atoms with Crippen molar-refractivity contribution in [2.75, 3.05) is 18.5 Å². The van der Waals surface area contributed by atoms with Crippen LogP contribution in [-0.2, 0) is 9.53 Å². The van der Waals surface area contributed by atoms with Crippen LogP contribution >= 0.6 is 15.9 Å². The average Bonchev–Trinajstić information content (AvgIpc) is 3.16. The number of carboxylic acid groups (broad SMARTS) is 1. The maximum Gasteiger partial charge on any atom is 0.407 e. The Morgan fingerprint density at radius 3 is 2.26 bits per heavy atom. The summed E-state index contributed by atoms with van der Waals surface area (Å²) in [6.45, 7) is 1.91. The second-order valence-electron chi connectivity index (χ2n) is 8.08. The number of anilines is 1. The Hall–Kier alpha value is -3.91. The number of fused-ring (bicyclic) bond motifs is 3. The molecule has 2 amide bonds. The third-order valence-electron chi connectivity index (χ3n) is 5.76. The van der Waals surface area contributed by atoms with Gasteiger partial charge >= 0.3 is 12.1 Å². The van der Waals surface area contributed by atoms with Gasteiger partial charge in [0.15, 0.2) is 0 Å². The molecule has 0 aliphatic heterocycles. The molecule has 0 unspecified atom stereocenters. The summed E-state index contributed by atoms with van der Waals surface area (Å²) in [6.07, 6.45) is 0.988. The maximum absolute atomic E-state index is 12.4.